The SMILES string of the molecule is CC.COc1cc(-c2cc(OC)c3nn(C)cc3c2)ccc1-c1ccc(C2CNC2)nn1.COc1cc(-c2ccc(-c3ccc(C4CN(C)C4)nn3)c(O)c2)cc2cn(C)nc12. The molecule has 2 aliphatic heterocycles. The van der Waals surface area contributed by atoms with Crippen molar-refractivity contribution in [3.63, 3.8) is 0 Å². The lowest BCUT2D eigenvalue weighted by atomic mass is 9.96. The van der Waals surface area contributed by atoms with E-state index in [1.165, 1.54) is 0 Å². The zero-order chi connectivity index (χ0) is 43.5. The van der Waals surface area contributed by atoms with Gasteiger partial charge in [-0.2, -0.15) is 30.6 Å². The number of nitrogens with zero attached hydrogens (tertiary/aromatic N) is 9. The fourth-order valence-electron chi connectivity index (χ4n) is 7.89. The van der Waals surface area contributed by atoms with Gasteiger partial charge in [-0.3, -0.25) is 9.36 Å². The summed E-state index contributed by atoms with van der Waals surface area (Å²) in [6.45, 7) is 7.96. The van der Waals surface area contributed by atoms with Crippen molar-refractivity contribution < 1.29 is 19.3 Å². The van der Waals surface area contributed by atoms with Gasteiger partial charge in [0.25, 0.3) is 0 Å². The van der Waals surface area contributed by atoms with Crippen molar-refractivity contribution in [2.24, 2.45) is 14.1 Å². The molecule has 4 aromatic carbocycles. The highest BCUT2D eigenvalue weighted by atomic mass is 16.5. The van der Waals surface area contributed by atoms with Crippen LogP contribution in [0.1, 0.15) is 37.1 Å². The van der Waals surface area contributed by atoms with Crippen LogP contribution in [0.2, 0.25) is 0 Å². The summed E-state index contributed by atoms with van der Waals surface area (Å²) in [5.41, 5.74) is 10.7. The number of phenols is 1. The second-order valence-corrected chi connectivity index (χ2v) is 15.4. The average Bonchev–Trinajstić information content (AvgIpc) is 3.85. The summed E-state index contributed by atoms with van der Waals surface area (Å²) in [6, 6.07) is 27.8. The van der Waals surface area contributed by atoms with Gasteiger partial charge in [0, 0.05) is 86.4 Å². The first-order valence-corrected chi connectivity index (χ1v) is 20.8. The minimum atomic E-state index is 0.170. The second kappa shape index (κ2) is 18.0. The maximum atomic E-state index is 10.7. The van der Waals surface area contributed by atoms with E-state index < -0.39 is 0 Å². The predicted octanol–water partition coefficient (Wildman–Crippen LogP) is 7.87. The van der Waals surface area contributed by atoms with Crippen LogP contribution in [-0.4, -0.2) is 105 Å². The number of ether oxygens (including phenoxy) is 3. The summed E-state index contributed by atoms with van der Waals surface area (Å²) >= 11 is 0. The molecule has 0 saturated carbocycles. The molecule has 318 valence electrons. The number of rotatable bonds is 9. The normalized spacial score (nSPS) is 14.0. The number of hydrogen-bond acceptors (Lipinski definition) is 12. The summed E-state index contributed by atoms with van der Waals surface area (Å²) < 4.78 is 20.3. The number of methoxy groups -OCH3 is 3. The molecule has 0 spiro atoms. The van der Waals surface area contributed by atoms with Crippen LogP contribution in [0.4, 0.5) is 0 Å². The molecule has 8 aromatic rings. The Labute approximate surface area is 361 Å². The lowest BCUT2D eigenvalue weighted by Crippen LogP contribution is -2.42. The van der Waals surface area contributed by atoms with Crippen LogP contribution in [0.5, 0.6) is 23.0 Å². The highest BCUT2D eigenvalue weighted by Gasteiger charge is 2.26. The van der Waals surface area contributed by atoms with E-state index >= 15 is 0 Å². The molecule has 0 radical (unpaired) electrons. The Morgan fingerprint density at radius 2 is 1.03 bits per heavy atom. The first-order valence-electron chi connectivity index (χ1n) is 20.8. The maximum absolute atomic E-state index is 10.7. The number of aryl methyl sites for hydroxylation is 2. The Bertz CT molecular complexity index is 2830. The monoisotopic (exact) mass is 832 g/mol. The first-order chi connectivity index (χ1) is 30.2. The Morgan fingerprint density at radius 1 is 0.548 bits per heavy atom. The third-order valence-corrected chi connectivity index (χ3v) is 11.3. The number of likely N-dealkylation sites (tertiary alicyclic amines) is 1. The molecule has 0 amide bonds. The van der Waals surface area contributed by atoms with Gasteiger partial charge >= 0.3 is 0 Å². The van der Waals surface area contributed by atoms with E-state index in [1.807, 2.05) is 101 Å². The molecule has 2 saturated heterocycles. The quantitative estimate of drug-likeness (QED) is 0.146. The van der Waals surface area contributed by atoms with Gasteiger partial charge in [-0.1, -0.05) is 26.0 Å². The number of benzene rings is 4. The minimum Gasteiger partial charge on any atom is -0.507 e. The number of hydrogen-bond donors (Lipinski definition) is 2. The third-order valence-electron chi connectivity index (χ3n) is 11.3. The highest BCUT2D eigenvalue weighted by molar-refractivity contribution is 5.91. The van der Waals surface area contributed by atoms with Crippen LogP contribution in [0, 0.1) is 0 Å². The minimum absolute atomic E-state index is 0.170. The summed E-state index contributed by atoms with van der Waals surface area (Å²) in [5.74, 6) is 3.29. The summed E-state index contributed by atoms with van der Waals surface area (Å²) in [4.78, 5) is 2.25. The molecule has 0 aliphatic carbocycles. The summed E-state index contributed by atoms with van der Waals surface area (Å²) in [7, 11) is 10.9. The molecule has 2 fully saturated rings. The molecule has 0 bridgehead atoms. The fraction of sp³-hybridized carbons (Fsp3) is 0.292. The molecule has 10 rings (SSSR count). The predicted molar refractivity (Wildman–Crippen MR) is 243 cm³/mol. The molecule has 6 heterocycles. The molecular weight excluding hydrogens is 781 g/mol. The third kappa shape index (κ3) is 8.39. The molecule has 2 N–H and O–H groups in total. The molecule has 62 heavy (non-hydrogen) atoms. The number of fused-ring (bicyclic) bond motifs is 2. The number of nitrogens with one attached hydrogen (secondary N) is 1. The van der Waals surface area contributed by atoms with E-state index in [-0.39, 0.29) is 5.75 Å². The van der Waals surface area contributed by atoms with E-state index in [0.29, 0.717) is 28.8 Å². The van der Waals surface area contributed by atoms with E-state index in [1.54, 1.807) is 36.8 Å². The smallest absolute Gasteiger partial charge is 0.147 e. The van der Waals surface area contributed by atoms with Crippen molar-refractivity contribution in [1.82, 2.24) is 50.2 Å². The average molecular weight is 833 g/mol. The molecule has 0 unspecified atom stereocenters. The highest BCUT2D eigenvalue weighted by Crippen LogP contribution is 2.38. The molecule has 4 aromatic heterocycles. The van der Waals surface area contributed by atoms with Gasteiger partial charge in [-0.15, -0.1) is 0 Å². The van der Waals surface area contributed by atoms with E-state index in [9.17, 15) is 5.11 Å². The molecular formula is C48H52N10O4. The Kier molecular flexibility index (Phi) is 12.1. The van der Waals surface area contributed by atoms with Crippen molar-refractivity contribution in [3.8, 4) is 67.8 Å². The standard InChI is InChI=1S/2C23H23N5O2.C2H6/c1-27-11-17(12-27)19-6-7-20(25-24-19)18-5-4-14(9-21(18)29)15-8-16-13-28(2)26-23(16)22(10-15)30-3;1-28-13-16-8-15(10-22(30-3)23(16)27-28)14-4-5-18(21(9-14)29-2)20-7-6-19(25-26-20)17-11-24-12-17;1-2/h4-10,13,17,29H,11-12H2,1-3H3;4-10,13,17,24H,11-12H2,1-3H3;1-2H3. The van der Waals surface area contributed by atoms with Gasteiger partial charge in [0.05, 0.1) is 44.1 Å². The van der Waals surface area contributed by atoms with Crippen molar-refractivity contribution >= 4 is 21.8 Å². The van der Waals surface area contributed by atoms with Crippen molar-refractivity contribution in [2.75, 3.05) is 54.6 Å². The van der Waals surface area contributed by atoms with Gasteiger partial charge in [-0.25, -0.2) is 0 Å². The number of aromatic hydroxyl groups is 1. The Hall–Kier alpha value is -6.90. The van der Waals surface area contributed by atoms with Gasteiger partial charge in [-0.05, 0) is 102 Å². The molecule has 14 heteroatoms. The zero-order valence-electron chi connectivity index (χ0n) is 36.4. The van der Waals surface area contributed by atoms with Crippen LogP contribution in [0.15, 0.2) is 97.3 Å². The molecule has 0 atom stereocenters. The van der Waals surface area contributed by atoms with E-state index in [0.717, 1.165) is 104 Å². The number of aromatic nitrogens is 8. The zero-order valence-corrected chi connectivity index (χ0v) is 36.4. The van der Waals surface area contributed by atoms with Crippen LogP contribution >= 0.6 is 0 Å². The fourth-order valence-corrected chi connectivity index (χ4v) is 7.89. The second-order valence-electron chi connectivity index (χ2n) is 15.4. The van der Waals surface area contributed by atoms with E-state index in [4.69, 9.17) is 14.2 Å². The van der Waals surface area contributed by atoms with Gasteiger partial charge in [0.15, 0.2) is 0 Å². The van der Waals surface area contributed by atoms with Crippen LogP contribution in [-0.2, 0) is 14.1 Å². The largest absolute Gasteiger partial charge is 0.507 e. The molecule has 14 nitrogen and oxygen atoms in total. The lowest BCUT2D eigenvalue weighted by molar-refractivity contribution is 0.186. The van der Waals surface area contributed by atoms with Crippen molar-refractivity contribution in [2.45, 2.75) is 25.7 Å². The van der Waals surface area contributed by atoms with Gasteiger partial charge in [0.1, 0.15) is 34.0 Å². The topological polar surface area (TPSA) is 150 Å². The van der Waals surface area contributed by atoms with Crippen molar-refractivity contribution in [1.29, 1.82) is 0 Å². The summed E-state index contributed by atoms with van der Waals surface area (Å²) in [6.07, 6.45) is 3.94. The van der Waals surface area contributed by atoms with Gasteiger partial charge in [0.2, 0.25) is 0 Å². The van der Waals surface area contributed by atoms with Crippen LogP contribution in [0.25, 0.3) is 66.6 Å². The number of likely N-dealkylation sites (N-methyl/N-ethyl adjacent to an activating group) is 1. The summed E-state index contributed by atoms with van der Waals surface area (Å²) in [5, 5.41) is 42.5. The number of phenolic OH excluding ortho intramolecular Hbond substituents is 1. The molecule has 2 aliphatic rings. The Morgan fingerprint density at radius 3 is 1.48 bits per heavy atom. The van der Waals surface area contributed by atoms with Crippen molar-refractivity contribution in [3.05, 3.63) is 109 Å². The van der Waals surface area contributed by atoms with Gasteiger partial charge < -0.3 is 29.5 Å². The lowest BCUT2D eigenvalue weighted by Gasteiger charge is -2.35. The van der Waals surface area contributed by atoms with Crippen LogP contribution < -0.4 is 19.5 Å². The van der Waals surface area contributed by atoms with E-state index in [2.05, 4.69) is 66.1 Å². The maximum Gasteiger partial charge on any atom is 0.147 e. The first kappa shape index (κ1) is 41.8. The Balaban J connectivity index is 0.000000164. The van der Waals surface area contributed by atoms with Crippen LogP contribution in [0.3, 0.4) is 0 Å².